The van der Waals surface area contributed by atoms with Gasteiger partial charge in [0.25, 0.3) is 0 Å². The van der Waals surface area contributed by atoms with E-state index in [-0.39, 0.29) is 12.6 Å². The fourth-order valence-corrected chi connectivity index (χ4v) is 3.64. The van der Waals surface area contributed by atoms with Crippen molar-refractivity contribution in [1.29, 1.82) is 0 Å². The summed E-state index contributed by atoms with van der Waals surface area (Å²) >= 11 is 0. The number of nitrogens with zero attached hydrogens (tertiary/aromatic N) is 5. The Labute approximate surface area is 171 Å². The molecule has 0 atom stereocenters. The first kappa shape index (κ1) is 18.0. The van der Waals surface area contributed by atoms with Crippen molar-refractivity contribution in [2.45, 2.75) is 0 Å². The molecule has 0 spiro atoms. The van der Waals surface area contributed by atoms with E-state index >= 15 is 0 Å². The maximum absolute atomic E-state index is 13.2. The van der Waals surface area contributed by atoms with Gasteiger partial charge < -0.3 is 5.32 Å². The number of rotatable bonds is 4. The number of aromatic nitrogens is 2. The first-order valence-electron chi connectivity index (χ1n) is 9.44. The first-order valence-corrected chi connectivity index (χ1v) is 9.44. The van der Waals surface area contributed by atoms with E-state index in [1.54, 1.807) is 15.8 Å². The van der Waals surface area contributed by atoms with Gasteiger partial charge in [0, 0.05) is 12.2 Å². The Kier molecular flexibility index (Phi) is 4.27. The number of carbonyl (C=O) groups is 2. The second-order valence-corrected chi connectivity index (χ2v) is 6.91. The molecule has 0 bridgehead atoms. The predicted molar refractivity (Wildman–Crippen MR) is 109 cm³/mol. The minimum absolute atomic E-state index is 0.217. The van der Waals surface area contributed by atoms with Gasteiger partial charge in [0.2, 0.25) is 5.91 Å². The second-order valence-electron chi connectivity index (χ2n) is 6.91. The molecule has 150 valence electrons. The lowest BCUT2D eigenvalue weighted by Crippen LogP contribution is -2.52. The zero-order valence-electron chi connectivity index (χ0n) is 15.8. The number of para-hydroxylation sites is 1. The molecule has 3 aromatic rings. The topological polar surface area (TPSA) is 82.8 Å². The number of aliphatic imine (C=N–C) groups is 1. The number of nitrogens with one attached hydrogen (secondary N) is 1. The molecule has 9 heteroatoms. The molecular formula is C21H17FN6O2. The van der Waals surface area contributed by atoms with Crippen molar-refractivity contribution in [1.82, 2.24) is 14.7 Å². The average Bonchev–Trinajstić information content (AvgIpc) is 3.41. The van der Waals surface area contributed by atoms with E-state index in [0.717, 1.165) is 5.69 Å². The quantitative estimate of drug-likeness (QED) is 0.726. The third-order valence-electron chi connectivity index (χ3n) is 4.97. The molecule has 8 nitrogen and oxygen atoms in total. The van der Waals surface area contributed by atoms with Crippen LogP contribution in [0, 0.1) is 5.82 Å². The van der Waals surface area contributed by atoms with Crippen molar-refractivity contribution in [2.75, 3.05) is 29.9 Å². The molecular weight excluding hydrogens is 387 g/mol. The van der Waals surface area contributed by atoms with Gasteiger partial charge in [0.1, 0.15) is 18.2 Å². The highest BCUT2D eigenvalue weighted by Gasteiger charge is 2.41. The summed E-state index contributed by atoms with van der Waals surface area (Å²) in [6, 6.07) is 14.5. The van der Waals surface area contributed by atoms with Crippen LogP contribution in [0.3, 0.4) is 0 Å². The standard InChI is InChI=1S/C21H17FN6O2/c22-14-6-8-15(9-7-14)25-18(29)13-27-20-17(19-23-10-11-26(19)21(27)30)12-24-28(20)16-4-2-1-3-5-16/h1-9,12H,10-11,13H2,(H,25,29). The van der Waals surface area contributed by atoms with Crippen LogP contribution in [0.5, 0.6) is 0 Å². The van der Waals surface area contributed by atoms with Crippen LogP contribution in [0.2, 0.25) is 0 Å². The van der Waals surface area contributed by atoms with E-state index < -0.39 is 11.7 Å². The van der Waals surface area contributed by atoms with Crippen molar-refractivity contribution in [3.05, 3.63) is 72.2 Å². The Morgan fingerprint density at radius 3 is 2.63 bits per heavy atom. The number of hydrogen-bond acceptors (Lipinski definition) is 4. The highest BCUT2D eigenvalue weighted by atomic mass is 19.1. The predicted octanol–water partition coefficient (Wildman–Crippen LogP) is 2.65. The van der Waals surface area contributed by atoms with Gasteiger partial charge >= 0.3 is 6.03 Å². The fourth-order valence-electron chi connectivity index (χ4n) is 3.64. The minimum atomic E-state index is -0.402. The van der Waals surface area contributed by atoms with Gasteiger partial charge in [-0.15, -0.1) is 0 Å². The molecule has 3 heterocycles. The lowest BCUT2D eigenvalue weighted by atomic mass is 10.2. The summed E-state index contributed by atoms with van der Waals surface area (Å²) in [5, 5.41) is 7.16. The maximum atomic E-state index is 13.2. The van der Waals surface area contributed by atoms with Crippen LogP contribution >= 0.6 is 0 Å². The van der Waals surface area contributed by atoms with Crippen molar-refractivity contribution in [2.24, 2.45) is 4.99 Å². The highest BCUT2D eigenvalue weighted by Crippen LogP contribution is 2.32. The van der Waals surface area contributed by atoms with Crippen molar-refractivity contribution < 1.29 is 14.0 Å². The van der Waals surface area contributed by atoms with Gasteiger partial charge in [-0.25, -0.2) is 13.9 Å². The zero-order chi connectivity index (χ0) is 20.7. The van der Waals surface area contributed by atoms with Crippen LogP contribution in [-0.4, -0.2) is 52.1 Å². The number of amidine groups is 1. The fraction of sp³-hybridized carbons (Fsp3) is 0.143. The summed E-state index contributed by atoms with van der Waals surface area (Å²) in [5.41, 5.74) is 1.92. The summed E-state index contributed by atoms with van der Waals surface area (Å²) in [7, 11) is 0. The first-order chi connectivity index (χ1) is 14.6. The number of urea groups is 1. The summed E-state index contributed by atoms with van der Waals surface area (Å²) < 4.78 is 14.8. The molecule has 0 saturated carbocycles. The van der Waals surface area contributed by atoms with Gasteiger partial charge in [0.15, 0.2) is 5.82 Å². The van der Waals surface area contributed by atoms with Gasteiger partial charge in [-0.2, -0.15) is 5.10 Å². The monoisotopic (exact) mass is 404 g/mol. The van der Waals surface area contributed by atoms with Crippen LogP contribution in [0.15, 0.2) is 65.8 Å². The largest absolute Gasteiger partial charge is 0.331 e. The normalized spacial score (nSPS) is 15.0. The summed E-state index contributed by atoms with van der Waals surface area (Å²) in [6.45, 7) is 0.748. The molecule has 2 aliphatic heterocycles. The number of fused-ring (bicyclic) bond motifs is 3. The van der Waals surface area contributed by atoms with Crippen molar-refractivity contribution in [3.8, 4) is 5.69 Å². The van der Waals surface area contributed by atoms with E-state index in [4.69, 9.17) is 0 Å². The maximum Gasteiger partial charge on any atom is 0.331 e. The molecule has 0 fully saturated rings. The van der Waals surface area contributed by atoms with Crippen LogP contribution in [0.4, 0.5) is 20.7 Å². The molecule has 30 heavy (non-hydrogen) atoms. The van der Waals surface area contributed by atoms with E-state index in [0.29, 0.717) is 36.0 Å². The van der Waals surface area contributed by atoms with E-state index in [1.165, 1.54) is 29.2 Å². The molecule has 0 unspecified atom stereocenters. The van der Waals surface area contributed by atoms with Gasteiger partial charge in [0.05, 0.1) is 24.0 Å². The van der Waals surface area contributed by atoms with Crippen molar-refractivity contribution in [3.63, 3.8) is 0 Å². The Hall–Kier alpha value is -4.01. The molecule has 0 aliphatic carbocycles. The Morgan fingerprint density at radius 2 is 1.87 bits per heavy atom. The van der Waals surface area contributed by atoms with Crippen LogP contribution in [0.1, 0.15) is 5.56 Å². The van der Waals surface area contributed by atoms with Crippen LogP contribution in [-0.2, 0) is 4.79 Å². The third kappa shape index (κ3) is 3.00. The molecule has 1 aromatic heterocycles. The average molecular weight is 404 g/mol. The molecule has 0 saturated heterocycles. The number of benzene rings is 2. The smallest absolute Gasteiger partial charge is 0.325 e. The Bertz CT molecular complexity index is 1160. The number of amides is 3. The van der Waals surface area contributed by atoms with Gasteiger partial charge in [-0.3, -0.25) is 19.6 Å². The molecule has 1 N–H and O–H groups in total. The zero-order valence-corrected chi connectivity index (χ0v) is 15.8. The summed E-state index contributed by atoms with van der Waals surface area (Å²) in [6.07, 6.45) is 1.66. The Morgan fingerprint density at radius 1 is 1.10 bits per heavy atom. The van der Waals surface area contributed by atoms with Gasteiger partial charge in [-0.1, -0.05) is 18.2 Å². The molecule has 5 rings (SSSR count). The molecule has 0 radical (unpaired) electrons. The summed E-state index contributed by atoms with van der Waals surface area (Å²) in [5.74, 6) is 0.280. The number of anilines is 2. The number of carbonyl (C=O) groups excluding carboxylic acids is 2. The number of hydrogen-bond donors (Lipinski definition) is 1. The lowest BCUT2D eigenvalue weighted by molar-refractivity contribution is -0.114. The van der Waals surface area contributed by atoms with Crippen LogP contribution < -0.4 is 10.2 Å². The minimum Gasteiger partial charge on any atom is -0.325 e. The van der Waals surface area contributed by atoms with E-state index in [2.05, 4.69) is 15.4 Å². The second kappa shape index (κ2) is 7.11. The Balaban J connectivity index is 1.51. The lowest BCUT2D eigenvalue weighted by Gasteiger charge is -2.33. The molecule has 3 amide bonds. The highest BCUT2D eigenvalue weighted by molar-refractivity contribution is 6.20. The summed E-state index contributed by atoms with van der Waals surface area (Å²) in [4.78, 5) is 33.3. The number of halogens is 1. The van der Waals surface area contributed by atoms with Gasteiger partial charge in [-0.05, 0) is 36.4 Å². The van der Waals surface area contributed by atoms with Crippen molar-refractivity contribution >= 4 is 29.3 Å². The third-order valence-corrected chi connectivity index (χ3v) is 4.97. The SMILES string of the molecule is O=C(CN1C(=O)N2CCN=C2c2cnn(-c3ccccc3)c21)Nc1ccc(F)cc1. The van der Waals surface area contributed by atoms with E-state index in [1.807, 2.05) is 30.3 Å². The molecule has 2 aliphatic rings. The molecule has 2 aromatic carbocycles. The van der Waals surface area contributed by atoms with Crippen LogP contribution in [0.25, 0.3) is 5.69 Å². The van der Waals surface area contributed by atoms with E-state index in [9.17, 15) is 14.0 Å².